The summed E-state index contributed by atoms with van der Waals surface area (Å²) in [4.78, 5) is 18.1. The molecule has 0 radical (unpaired) electrons. The van der Waals surface area contributed by atoms with Gasteiger partial charge in [0.05, 0.1) is 16.8 Å². The first-order chi connectivity index (χ1) is 15.5. The van der Waals surface area contributed by atoms with Crippen LogP contribution in [0.5, 0.6) is 11.5 Å². The second-order valence-electron chi connectivity index (χ2n) is 7.49. The molecule has 32 heavy (non-hydrogen) atoms. The summed E-state index contributed by atoms with van der Waals surface area (Å²) in [7, 11) is 0. The molecule has 4 rings (SSSR count). The number of carbonyl (C=O) groups is 1. The largest absolute Gasteiger partial charge is 0.457 e. The lowest BCUT2D eigenvalue weighted by atomic mass is 10.1. The van der Waals surface area contributed by atoms with Crippen molar-refractivity contribution in [3.63, 3.8) is 0 Å². The summed E-state index contributed by atoms with van der Waals surface area (Å²) in [5.74, 6) is 1.15. The lowest BCUT2D eigenvalue weighted by Gasteiger charge is -2.07. The maximum Gasteiger partial charge on any atom is 0.279 e. The number of benzene rings is 3. The summed E-state index contributed by atoms with van der Waals surface area (Å²) < 4.78 is 14.6. The van der Waals surface area contributed by atoms with Gasteiger partial charge < -0.3 is 14.0 Å². The van der Waals surface area contributed by atoms with E-state index in [1.54, 1.807) is 24.3 Å². The smallest absolute Gasteiger partial charge is 0.279 e. The van der Waals surface area contributed by atoms with E-state index in [4.69, 9.17) is 9.47 Å². The molecular weight excluding hydrogens is 420 g/mol. The molecular formula is C26H26N2O3S. The zero-order chi connectivity index (χ0) is 22.5. The molecule has 0 saturated heterocycles. The third-order valence-electron chi connectivity index (χ3n) is 5.24. The quantitative estimate of drug-likeness (QED) is 0.333. The number of carbonyl (C=O) groups excluding carboxylic acids is 1. The van der Waals surface area contributed by atoms with Crippen LogP contribution < -0.4 is 9.54 Å². The number of aromatic nitrogens is 1. The van der Waals surface area contributed by atoms with Gasteiger partial charge in [0.15, 0.2) is 4.80 Å². The van der Waals surface area contributed by atoms with E-state index in [2.05, 4.69) is 35.5 Å². The van der Waals surface area contributed by atoms with Gasteiger partial charge in [0.2, 0.25) is 0 Å². The first kappa shape index (κ1) is 22.0. The SMILES string of the molecule is CCOCCn1c(=NC(=O)c2ccc(Oc3ccccc3)cc2)sc2cc(C)c(C)cc21. The average Bonchev–Trinajstić information content (AvgIpc) is 3.11. The molecule has 4 aromatic rings. The molecule has 1 aromatic heterocycles. The van der Waals surface area contributed by atoms with Crippen molar-refractivity contribution in [1.82, 2.24) is 4.57 Å². The van der Waals surface area contributed by atoms with Crippen LogP contribution >= 0.6 is 11.3 Å². The van der Waals surface area contributed by atoms with Crippen LogP contribution in [0.1, 0.15) is 28.4 Å². The Morgan fingerprint density at radius 2 is 1.66 bits per heavy atom. The van der Waals surface area contributed by atoms with E-state index in [1.807, 2.05) is 37.3 Å². The minimum Gasteiger partial charge on any atom is -0.457 e. The van der Waals surface area contributed by atoms with Crippen molar-refractivity contribution >= 4 is 27.5 Å². The zero-order valence-corrected chi connectivity index (χ0v) is 19.3. The molecule has 0 unspecified atom stereocenters. The normalized spacial score (nSPS) is 11.8. The maximum absolute atomic E-state index is 12.9. The van der Waals surface area contributed by atoms with Gasteiger partial charge in [-0.05, 0) is 80.4 Å². The van der Waals surface area contributed by atoms with Gasteiger partial charge in [0.1, 0.15) is 11.5 Å². The Morgan fingerprint density at radius 1 is 0.969 bits per heavy atom. The number of hydrogen-bond acceptors (Lipinski definition) is 4. The Balaban J connectivity index is 1.64. The molecule has 0 spiro atoms. The van der Waals surface area contributed by atoms with Crippen LogP contribution in [0.4, 0.5) is 0 Å². The molecule has 0 fully saturated rings. The van der Waals surface area contributed by atoms with E-state index in [-0.39, 0.29) is 5.91 Å². The summed E-state index contributed by atoms with van der Waals surface area (Å²) in [5, 5.41) is 0. The molecule has 6 heteroatoms. The van der Waals surface area contributed by atoms with Crippen LogP contribution in [0.25, 0.3) is 10.2 Å². The molecule has 1 heterocycles. The zero-order valence-electron chi connectivity index (χ0n) is 18.5. The third kappa shape index (κ3) is 4.98. The van der Waals surface area contributed by atoms with Gasteiger partial charge in [0, 0.05) is 18.7 Å². The van der Waals surface area contributed by atoms with Gasteiger partial charge in [-0.25, -0.2) is 0 Å². The van der Waals surface area contributed by atoms with E-state index in [0.717, 1.165) is 16.0 Å². The molecule has 164 valence electrons. The van der Waals surface area contributed by atoms with Crippen molar-refractivity contribution in [2.45, 2.75) is 27.3 Å². The molecule has 5 nitrogen and oxygen atoms in total. The van der Waals surface area contributed by atoms with Crippen molar-refractivity contribution in [2.24, 2.45) is 4.99 Å². The van der Waals surface area contributed by atoms with Crippen molar-refractivity contribution in [2.75, 3.05) is 13.2 Å². The fourth-order valence-corrected chi connectivity index (χ4v) is 4.50. The third-order valence-corrected chi connectivity index (χ3v) is 6.28. The molecule has 0 N–H and O–H groups in total. The second-order valence-corrected chi connectivity index (χ2v) is 8.50. The lowest BCUT2D eigenvalue weighted by Crippen LogP contribution is -2.19. The summed E-state index contributed by atoms with van der Waals surface area (Å²) in [6.07, 6.45) is 0. The van der Waals surface area contributed by atoms with Crippen LogP contribution in [-0.4, -0.2) is 23.7 Å². The van der Waals surface area contributed by atoms with Crippen LogP contribution in [0, 0.1) is 13.8 Å². The van der Waals surface area contributed by atoms with Crippen LogP contribution in [-0.2, 0) is 11.3 Å². The number of aryl methyl sites for hydroxylation is 2. The number of nitrogens with zero attached hydrogens (tertiary/aromatic N) is 2. The molecule has 1 amide bonds. The molecule has 0 saturated carbocycles. The van der Waals surface area contributed by atoms with Gasteiger partial charge in [-0.2, -0.15) is 4.99 Å². The van der Waals surface area contributed by atoms with Crippen LogP contribution in [0.2, 0.25) is 0 Å². The summed E-state index contributed by atoms with van der Waals surface area (Å²) >= 11 is 1.53. The van der Waals surface area contributed by atoms with E-state index >= 15 is 0 Å². The standard InChI is InChI=1S/C26H26N2O3S/c1-4-30-15-14-28-23-16-18(2)19(3)17-24(23)32-26(28)27-25(29)20-10-12-22(13-11-20)31-21-8-6-5-7-9-21/h5-13,16-17H,4,14-15H2,1-3H3. The van der Waals surface area contributed by atoms with Gasteiger partial charge in [0.25, 0.3) is 5.91 Å². The molecule has 0 bridgehead atoms. The number of thiazole rings is 1. The summed E-state index contributed by atoms with van der Waals surface area (Å²) in [6, 6.07) is 20.9. The number of amides is 1. The fourth-order valence-electron chi connectivity index (χ4n) is 3.36. The molecule has 3 aromatic carbocycles. The maximum atomic E-state index is 12.9. The van der Waals surface area contributed by atoms with E-state index in [0.29, 0.717) is 35.9 Å². The highest BCUT2D eigenvalue weighted by Crippen LogP contribution is 2.23. The van der Waals surface area contributed by atoms with Crippen LogP contribution in [0.3, 0.4) is 0 Å². The molecule has 0 atom stereocenters. The minimum absolute atomic E-state index is 0.276. The summed E-state index contributed by atoms with van der Waals surface area (Å²) in [5.41, 5.74) is 4.04. The average molecular weight is 447 g/mol. The molecule has 0 aliphatic rings. The number of fused-ring (bicyclic) bond motifs is 1. The predicted octanol–water partition coefficient (Wildman–Crippen LogP) is 5.89. The number of rotatable bonds is 7. The second kappa shape index (κ2) is 9.94. The Hall–Kier alpha value is -3.22. The minimum atomic E-state index is -0.276. The fraction of sp³-hybridized carbons (Fsp3) is 0.231. The van der Waals surface area contributed by atoms with Crippen LogP contribution in [0.15, 0.2) is 71.7 Å². The van der Waals surface area contributed by atoms with Crippen molar-refractivity contribution in [3.8, 4) is 11.5 Å². The molecule has 0 aliphatic carbocycles. The number of para-hydroxylation sites is 1. The summed E-state index contributed by atoms with van der Waals surface area (Å²) in [6.45, 7) is 8.04. The Bertz CT molecular complexity index is 1290. The first-order valence-corrected chi connectivity index (χ1v) is 11.5. The van der Waals surface area contributed by atoms with E-state index in [9.17, 15) is 4.79 Å². The highest BCUT2D eigenvalue weighted by atomic mass is 32.1. The van der Waals surface area contributed by atoms with Gasteiger partial charge in [-0.3, -0.25) is 4.79 Å². The number of ether oxygens (including phenoxy) is 2. The van der Waals surface area contributed by atoms with E-state index < -0.39 is 0 Å². The highest BCUT2D eigenvalue weighted by Gasteiger charge is 2.11. The van der Waals surface area contributed by atoms with Gasteiger partial charge in [-0.1, -0.05) is 29.5 Å². The Labute approximate surface area is 191 Å². The van der Waals surface area contributed by atoms with Gasteiger partial charge in [-0.15, -0.1) is 0 Å². The molecule has 0 aliphatic heterocycles. The first-order valence-electron chi connectivity index (χ1n) is 10.7. The Morgan fingerprint density at radius 3 is 2.38 bits per heavy atom. The van der Waals surface area contributed by atoms with Gasteiger partial charge >= 0.3 is 0 Å². The van der Waals surface area contributed by atoms with Crippen molar-refractivity contribution in [3.05, 3.63) is 88.2 Å². The van der Waals surface area contributed by atoms with E-state index in [1.165, 1.54) is 22.5 Å². The van der Waals surface area contributed by atoms with Crippen molar-refractivity contribution in [1.29, 1.82) is 0 Å². The highest BCUT2D eigenvalue weighted by molar-refractivity contribution is 7.16. The monoisotopic (exact) mass is 446 g/mol. The van der Waals surface area contributed by atoms with Crippen molar-refractivity contribution < 1.29 is 14.3 Å². The Kier molecular flexibility index (Phi) is 6.83. The predicted molar refractivity (Wildman–Crippen MR) is 129 cm³/mol. The lowest BCUT2D eigenvalue weighted by molar-refractivity contribution is 0.0996. The topological polar surface area (TPSA) is 52.8 Å². The number of hydrogen-bond donors (Lipinski definition) is 0.